The van der Waals surface area contributed by atoms with E-state index in [0.29, 0.717) is 18.8 Å². The second kappa shape index (κ2) is 7.89. The number of carbonyl (C=O) groups excluding carboxylic acids is 1. The first-order chi connectivity index (χ1) is 12.9. The molecule has 1 aliphatic rings. The Morgan fingerprint density at radius 2 is 1.59 bits per heavy atom. The smallest absolute Gasteiger partial charge is 0.335 e. The van der Waals surface area contributed by atoms with Gasteiger partial charge in [-0.1, -0.05) is 12.5 Å². The molecule has 2 aromatic carbocycles. The van der Waals surface area contributed by atoms with Crippen LogP contribution in [0.15, 0.2) is 53.4 Å². The fourth-order valence-corrected chi connectivity index (χ4v) is 4.52. The zero-order valence-electron chi connectivity index (χ0n) is 14.6. The standard InChI is InChI=1S/C19H20N2O5S/c22-18(20-16-9-7-14(8-10-16)19(23)24)15-5-4-6-17(13-15)27(25,26)21-11-2-1-3-12-21/h4-10,13H,1-3,11-12H2,(H,20,22)(H,23,24). The lowest BCUT2D eigenvalue weighted by molar-refractivity contribution is 0.0696. The van der Waals surface area contributed by atoms with Crippen LogP contribution in [0.2, 0.25) is 0 Å². The lowest BCUT2D eigenvalue weighted by Gasteiger charge is -2.26. The van der Waals surface area contributed by atoms with Crippen molar-refractivity contribution in [1.29, 1.82) is 0 Å². The summed E-state index contributed by atoms with van der Waals surface area (Å²) in [5.41, 5.74) is 0.757. The average Bonchev–Trinajstić information content (AvgIpc) is 2.69. The highest BCUT2D eigenvalue weighted by molar-refractivity contribution is 7.89. The lowest BCUT2D eigenvalue weighted by Crippen LogP contribution is -2.35. The molecule has 1 aliphatic heterocycles. The van der Waals surface area contributed by atoms with E-state index in [-0.39, 0.29) is 16.0 Å². The molecule has 2 aromatic rings. The lowest BCUT2D eigenvalue weighted by atomic mass is 10.2. The van der Waals surface area contributed by atoms with Crippen molar-refractivity contribution < 1.29 is 23.1 Å². The number of nitrogens with one attached hydrogen (secondary N) is 1. The molecule has 1 amide bonds. The highest BCUT2D eigenvalue weighted by Crippen LogP contribution is 2.22. The van der Waals surface area contributed by atoms with E-state index in [1.807, 2.05) is 0 Å². The summed E-state index contributed by atoms with van der Waals surface area (Å²) >= 11 is 0. The number of piperidine rings is 1. The van der Waals surface area contributed by atoms with Crippen molar-refractivity contribution in [1.82, 2.24) is 4.31 Å². The number of sulfonamides is 1. The minimum atomic E-state index is -3.62. The third kappa shape index (κ3) is 4.35. The van der Waals surface area contributed by atoms with Crippen LogP contribution in [-0.4, -0.2) is 42.8 Å². The number of nitrogens with zero attached hydrogens (tertiary/aromatic N) is 1. The summed E-state index contributed by atoms with van der Waals surface area (Å²) in [6.45, 7) is 0.989. The molecule has 0 bridgehead atoms. The van der Waals surface area contributed by atoms with Gasteiger partial charge < -0.3 is 10.4 Å². The predicted molar refractivity (Wildman–Crippen MR) is 100 cm³/mol. The molecule has 0 spiro atoms. The molecule has 3 rings (SSSR count). The van der Waals surface area contributed by atoms with Gasteiger partial charge in [-0.25, -0.2) is 13.2 Å². The van der Waals surface area contributed by atoms with Crippen LogP contribution in [0.5, 0.6) is 0 Å². The average molecular weight is 388 g/mol. The third-order valence-electron chi connectivity index (χ3n) is 4.44. The fraction of sp³-hybridized carbons (Fsp3) is 0.263. The van der Waals surface area contributed by atoms with Gasteiger partial charge in [0.05, 0.1) is 10.5 Å². The molecule has 142 valence electrons. The van der Waals surface area contributed by atoms with E-state index in [9.17, 15) is 18.0 Å². The SMILES string of the molecule is O=C(O)c1ccc(NC(=O)c2cccc(S(=O)(=O)N3CCCCC3)c2)cc1. The Labute approximate surface area is 157 Å². The fourth-order valence-electron chi connectivity index (χ4n) is 2.95. The number of amides is 1. The Hall–Kier alpha value is -2.71. The number of carboxylic acid groups (broad SMARTS) is 1. The van der Waals surface area contributed by atoms with Crippen molar-refractivity contribution in [3.63, 3.8) is 0 Å². The van der Waals surface area contributed by atoms with Gasteiger partial charge in [0.2, 0.25) is 10.0 Å². The Balaban J connectivity index is 1.78. The quantitative estimate of drug-likeness (QED) is 0.820. The monoisotopic (exact) mass is 388 g/mol. The van der Waals surface area contributed by atoms with Crippen molar-refractivity contribution in [2.75, 3.05) is 18.4 Å². The molecule has 0 unspecified atom stereocenters. The van der Waals surface area contributed by atoms with E-state index in [0.717, 1.165) is 19.3 Å². The Bertz CT molecular complexity index is 948. The van der Waals surface area contributed by atoms with Crippen LogP contribution in [0.1, 0.15) is 40.0 Å². The highest BCUT2D eigenvalue weighted by atomic mass is 32.2. The molecule has 2 N–H and O–H groups in total. The number of carboxylic acids is 1. The van der Waals surface area contributed by atoms with E-state index in [2.05, 4.69) is 5.32 Å². The summed E-state index contributed by atoms with van der Waals surface area (Å²) in [4.78, 5) is 23.4. The van der Waals surface area contributed by atoms with Crippen LogP contribution < -0.4 is 5.32 Å². The van der Waals surface area contributed by atoms with Gasteiger partial charge in [-0.05, 0) is 55.3 Å². The summed E-state index contributed by atoms with van der Waals surface area (Å²) in [5.74, 6) is -1.52. The maximum Gasteiger partial charge on any atom is 0.335 e. The van der Waals surface area contributed by atoms with Crippen LogP contribution >= 0.6 is 0 Å². The van der Waals surface area contributed by atoms with Crippen LogP contribution in [-0.2, 0) is 10.0 Å². The maximum atomic E-state index is 12.8. The van der Waals surface area contributed by atoms with Crippen LogP contribution in [0.3, 0.4) is 0 Å². The van der Waals surface area contributed by atoms with E-state index in [4.69, 9.17) is 5.11 Å². The van der Waals surface area contributed by atoms with Crippen LogP contribution in [0.25, 0.3) is 0 Å². The minimum Gasteiger partial charge on any atom is -0.478 e. The van der Waals surface area contributed by atoms with E-state index >= 15 is 0 Å². The van der Waals surface area contributed by atoms with Gasteiger partial charge in [0.1, 0.15) is 0 Å². The molecule has 7 nitrogen and oxygen atoms in total. The summed E-state index contributed by atoms with van der Waals surface area (Å²) < 4.78 is 27.0. The van der Waals surface area contributed by atoms with Crippen molar-refractivity contribution in [3.8, 4) is 0 Å². The zero-order chi connectivity index (χ0) is 19.4. The molecular weight excluding hydrogens is 368 g/mol. The Morgan fingerprint density at radius 1 is 0.926 bits per heavy atom. The molecular formula is C19H20N2O5S. The molecule has 0 radical (unpaired) electrons. The first-order valence-electron chi connectivity index (χ1n) is 8.63. The first-order valence-corrected chi connectivity index (χ1v) is 10.1. The highest BCUT2D eigenvalue weighted by Gasteiger charge is 2.26. The summed E-state index contributed by atoms with van der Waals surface area (Å²) in [6.07, 6.45) is 2.70. The number of aromatic carboxylic acids is 1. The largest absolute Gasteiger partial charge is 0.478 e. The normalized spacial score (nSPS) is 15.3. The van der Waals surface area contributed by atoms with Gasteiger partial charge >= 0.3 is 5.97 Å². The molecule has 0 saturated carbocycles. The number of hydrogen-bond donors (Lipinski definition) is 2. The predicted octanol–water partition coefficient (Wildman–Crippen LogP) is 2.81. The van der Waals surface area contributed by atoms with Gasteiger partial charge in [0, 0.05) is 24.3 Å². The zero-order valence-corrected chi connectivity index (χ0v) is 15.4. The van der Waals surface area contributed by atoms with Crippen molar-refractivity contribution in [3.05, 3.63) is 59.7 Å². The second-order valence-electron chi connectivity index (χ2n) is 6.33. The molecule has 1 heterocycles. The summed E-state index contributed by atoms with van der Waals surface area (Å²) in [5, 5.41) is 11.5. The first kappa shape index (κ1) is 19.1. The van der Waals surface area contributed by atoms with E-state index < -0.39 is 21.9 Å². The van der Waals surface area contributed by atoms with E-state index in [1.54, 1.807) is 6.07 Å². The second-order valence-corrected chi connectivity index (χ2v) is 8.27. The molecule has 27 heavy (non-hydrogen) atoms. The third-order valence-corrected chi connectivity index (χ3v) is 6.33. The number of rotatable bonds is 5. The molecule has 1 fully saturated rings. The Morgan fingerprint density at radius 3 is 2.22 bits per heavy atom. The number of hydrogen-bond acceptors (Lipinski definition) is 4. The van der Waals surface area contributed by atoms with Crippen molar-refractivity contribution >= 4 is 27.6 Å². The van der Waals surface area contributed by atoms with Crippen molar-refractivity contribution in [2.45, 2.75) is 24.2 Å². The van der Waals surface area contributed by atoms with Gasteiger partial charge in [-0.2, -0.15) is 4.31 Å². The molecule has 0 atom stereocenters. The number of benzene rings is 2. The molecule has 0 aliphatic carbocycles. The van der Waals surface area contributed by atoms with Gasteiger partial charge in [0.25, 0.3) is 5.91 Å². The maximum absolute atomic E-state index is 12.8. The number of anilines is 1. The topological polar surface area (TPSA) is 104 Å². The van der Waals surface area contributed by atoms with Gasteiger partial charge in [-0.15, -0.1) is 0 Å². The van der Waals surface area contributed by atoms with Gasteiger partial charge in [0.15, 0.2) is 0 Å². The molecule has 1 saturated heterocycles. The van der Waals surface area contributed by atoms with E-state index in [1.165, 1.54) is 46.8 Å². The number of carbonyl (C=O) groups is 2. The van der Waals surface area contributed by atoms with Crippen molar-refractivity contribution in [2.24, 2.45) is 0 Å². The summed E-state index contributed by atoms with van der Waals surface area (Å²) in [6, 6.07) is 11.7. The van der Waals surface area contributed by atoms with Crippen LogP contribution in [0.4, 0.5) is 5.69 Å². The van der Waals surface area contributed by atoms with Gasteiger partial charge in [-0.3, -0.25) is 4.79 Å². The minimum absolute atomic E-state index is 0.0956. The molecule has 0 aromatic heterocycles. The van der Waals surface area contributed by atoms with Crippen LogP contribution in [0, 0.1) is 0 Å². The summed E-state index contributed by atoms with van der Waals surface area (Å²) in [7, 11) is -3.62. The Kier molecular flexibility index (Phi) is 5.57. The molecule has 8 heteroatoms.